The summed E-state index contributed by atoms with van der Waals surface area (Å²) >= 11 is 0. The van der Waals surface area contributed by atoms with Gasteiger partial charge in [-0.2, -0.15) is 10.2 Å². The fourth-order valence-corrected chi connectivity index (χ4v) is 1.79. The van der Waals surface area contributed by atoms with Crippen molar-refractivity contribution in [3.8, 4) is 0 Å². The zero-order valence-electron chi connectivity index (χ0n) is 11.8. The molecule has 0 aliphatic carbocycles. The van der Waals surface area contributed by atoms with Crippen molar-refractivity contribution in [1.29, 1.82) is 0 Å². The number of benzene rings is 2. The van der Waals surface area contributed by atoms with E-state index in [4.69, 9.17) is 0 Å². The van der Waals surface area contributed by atoms with Gasteiger partial charge in [0.25, 0.3) is 0 Å². The quantitative estimate of drug-likeness (QED) is 0.569. The summed E-state index contributed by atoms with van der Waals surface area (Å²) in [4.78, 5) is 0. The zero-order chi connectivity index (χ0) is 14.2. The average molecular weight is 262 g/mol. The van der Waals surface area contributed by atoms with Crippen LogP contribution in [-0.2, 0) is 0 Å². The van der Waals surface area contributed by atoms with Crippen LogP contribution in [0.15, 0.2) is 76.4 Å². The maximum Gasteiger partial charge on any atom is 0.0671 e. The largest absolute Gasteiger partial charge is 0.159 e. The summed E-state index contributed by atoms with van der Waals surface area (Å²) in [5.74, 6) is 0. The molecule has 0 aliphatic rings. The van der Waals surface area contributed by atoms with Gasteiger partial charge in [0.1, 0.15) is 0 Å². The Morgan fingerprint density at radius 1 is 0.850 bits per heavy atom. The monoisotopic (exact) mass is 262 g/mol. The molecule has 2 aromatic rings. The van der Waals surface area contributed by atoms with Crippen LogP contribution in [0, 0.1) is 0 Å². The molecule has 0 aliphatic heterocycles. The molecule has 0 saturated heterocycles. The van der Waals surface area contributed by atoms with Crippen molar-refractivity contribution in [2.24, 2.45) is 10.2 Å². The molecule has 20 heavy (non-hydrogen) atoms. The second-order valence-electron chi connectivity index (χ2n) is 4.60. The Morgan fingerprint density at radius 2 is 1.45 bits per heavy atom. The molecule has 2 rings (SSSR count). The Kier molecular flexibility index (Phi) is 5.01. The number of allylic oxidation sites excluding steroid dienone is 1. The van der Waals surface area contributed by atoms with E-state index in [-0.39, 0.29) is 0 Å². The molecule has 0 spiro atoms. The van der Waals surface area contributed by atoms with Gasteiger partial charge in [-0.05, 0) is 30.5 Å². The fraction of sp³-hybridized carbons (Fsp3) is 0.111. The Morgan fingerprint density at radius 3 is 2.10 bits per heavy atom. The molecule has 0 bridgehead atoms. The maximum absolute atomic E-state index is 4.22. The van der Waals surface area contributed by atoms with Gasteiger partial charge in [0.2, 0.25) is 0 Å². The van der Waals surface area contributed by atoms with Crippen LogP contribution in [0.5, 0.6) is 0 Å². The topological polar surface area (TPSA) is 24.7 Å². The predicted octanol–water partition coefficient (Wildman–Crippen LogP) is 4.58. The summed E-state index contributed by atoms with van der Waals surface area (Å²) in [6.45, 7) is 3.98. The van der Waals surface area contributed by atoms with E-state index in [1.54, 1.807) is 6.21 Å². The van der Waals surface area contributed by atoms with Crippen LogP contribution in [0.1, 0.15) is 25.0 Å². The SMILES string of the molecule is CC(/C=N/N=C(\C)c1ccccc1)=C\c1ccccc1. The Bertz CT molecular complexity index is 623. The highest BCUT2D eigenvalue weighted by molar-refractivity contribution is 5.99. The van der Waals surface area contributed by atoms with Crippen molar-refractivity contribution in [1.82, 2.24) is 0 Å². The molecule has 0 fully saturated rings. The molecule has 0 atom stereocenters. The smallest absolute Gasteiger partial charge is 0.0671 e. The molecule has 0 amide bonds. The Labute approximate surface area is 120 Å². The standard InChI is InChI=1S/C18H18N2/c1-15(13-17-9-5-3-6-10-17)14-19-20-16(2)18-11-7-4-8-12-18/h3-14H,1-2H3/b15-13+,19-14+,20-16+. The second kappa shape index (κ2) is 7.19. The lowest BCUT2D eigenvalue weighted by atomic mass is 10.1. The van der Waals surface area contributed by atoms with E-state index in [1.165, 1.54) is 5.56 Å². The first-order chi connectivity index (χ1) is 9.75. The number of nitrogens with zero attached hydrogens (tertiary/aromatic N) is 2. The van der Waals surface area contributed by atoms with Gasteiger partial charge < -0.3 is 0 Å². The first-order valence-electron chi connectivity index (χ1n) is 6.62. The molecule has 0 saturated carbocycles. The number of rotatable bonds is 4. The van der Waals surface area contributed by atoms with Gasteiger partial charge in [-0.25, -0.2) is 0 Å². The molecular weight excluding hydrogens is 244 g/mol. The van der Waals surface area contributed by atoms with Crippen LogP contribution in [-0.4, -0.2) is 11.9 Å². The molecule has 0 aromatic heterocycles. The van der Waals surface area contributed by atoms with Gasteiger partial charge in [0.15, 0.2) is 0 Å². The van der Waals surface area contributed by atoms with Gasteiger partial charge >= 0.3 is 0 Å². The zero-order valence-corrected chi connectivity index (χ0v) is 11.8. The molecule has 0 heterocycles. The minimum absolute atomic E-state index is 0.911. The van der Waals surface area contributed by atoms with Crippen molar-refractivity contribution in [3.05, 3.63) is 77.4 Å². The minimum atomic E-state index is 0.911. The van der Waals surface area contributed by atoms with E-state index in [1.807, 2.05) is 62.4 Å². The Hall–Kier alpha value is -2.48. The van der Waals surface area contributed by atoms with Crippen molar-refractivity contribution >= 4 is 18.0 Å². The van der Waals surface area contributed by atoms with Gasteiger partial charge in [-0.1, -0.05) is 66.7 Å². The lowest BCUT2D eigenvalue weighted by Crippen LogP contribution is -1.92. The number of hydrogen-bond donors (Lipinski definition) is 0. The lowest BCUT2D eigenvalue weighted by Gasteiger charge is -1.97. The van der Waals surface area contributed by atoms with Crippen LogP contribution >= 0.6 is 0 Å². The van der Waals surface area contributed by atoms with Gasteiger partial charge in [-0.3, -0.25) is 0 Å². The minimum Gasteiger partial charge on any atom is -0.159 e. The molecule has 2 heteroatoms. The lowest BCUT2D eigenvalue weighted by molar-refractivity contribution is 1.24. The third-order valence-corrected chi connectivity index (χ3v) is 2.85. The average Bonchev–Trinajstić information content (AvgIpc) is 2.49. The van der Waals surface area contributed by atoms with E-state index in [0.29, 0.717) is 0 Å². The molecular formula is C18H18N2. The van der Waals surface area contributed by atoms with E-state index in [2.05, 4.69) is 28.4 Å². The van der Waals surface area contributed by atoms with Crippen molar-refractivity contribution < 1.29 is 0 Å². The normalized spacial score (nSPS) is 12.9. The summed E-state index contributed by atoms with van der Waals surface area (Å²) < 4.78 is 0. The third kappa shape index (κ3) is 4.32. The highest BCUT2D eigenvalue weighted by Gasteiger charge is 1.93. The van der Waals surface area contributed by atoms with E-state index < -0.39 is 0 Å². The van der Waals surface area contributed by atoms with Gasteiger partial charge in [0, 0.05) is 0 Å². The molecule has 2 nitrogen and oxygen atoms in total. The summed E-state index contributed by atoms with van der Waals surface area (Å²) in [5, 5.41) is 8.36. The van der Waals surface area contributed by atoms with E-state index in [9.17, 15) is 0 Å². The van der Waals surface area contributed by atoms with Crippen LogP contribution in [0.4, 0.5) is 0 Å². The van der Waals surface area contributed by atoms with Gasteiger partial charge in [-0.15, -0.1) is 0 Å². The van der Waals surface area contributed by atoms with Crippen LogP contribution in [0.25, 0.3) is 6.08 Å². The highest BCUT2D eigenvalue weighted by Crippen LogP contribution is 2.05. The molecule has 0 unspecified atom stereocenters. The first kappa shape index (κ1) is 13.9. The van der Waals surface area contributed by atoms with Crippen LogP contribution in [0.3, 0.4) is 0 Å². The number of hydrogen-bond acceptors (Lipinski definition) is 2. The van der Waals surface area contributed by atoms with Crippen molar-refractivity contribution in [3.63, 3.8) is 0 Å². The second-order valence-corrected chi connectivity index (χ2v) is 4.60. The summed E-state index contributed by atoms with van der Waals surface area (Å²) in [6.07, 6.45) is 3.86. The molecule has 100 valence electrons. The summed E-state index contributed by atoms with van der Waals surface area (Å²) in [7, 11) is 0. The fourth-order valence-electron chi connectivity index (χ4n) is 1.79. The Balaban J connectivity index is 2.05. The summed E-state index contributed by atoms with van der Waals surface area (Å²) in [6, 6.07) is 20.2. The molecule has 2 aromatic carbocycles. The predicted molar refractivity (Wildman–Crippen MR) is 87.2 cm³/mol. The van der Waals surface area contributed by atoms with Crippen LogP contribution < -0.4 is 0 Å². The van der Waals surface area contributed by atoms with E-state index in [0.717, 1.165) is 16.8 Å². The molecule has 0 radical (unpaired) electrons. The van der Waals surface area contributed by atoms with Crippen LogP contribution in [0.2, 0.25) is 0 Å². The maximum atomic E-state index is 4.22. The van der Waals surface area contributed by atoms with Crippen molar-refractivity contribution in [2.75, 3.05) is 0 Å². The van der Waals surface area contributed by atoms with E-state index >= 15 is 0 Å². The third-order valence-electron chi connectivity index (χ3n) is 2.85. The summed E-state index contributed by atoms with van der Waals surface area (Å²) in [5.41, 5.74) is 4.24. The van der Waals surface area contributed by atoms with Gasteiger partial charge in [0.05, 0.1) is 11.9 Å². The van der Waals surface area contributed by atoms with Crippen molar-refractivity contribution in [2.45, 2.75) is 13.8 Å². The molecule has 0 N–H and O–H groups in total. The highest BCUT2D eigenvalue weighted by atomic mass is 15.2. The first-order valence-corrected chi connectivity index (χ1v) is 6.62.